The Hall–Kier alpha value is -1.93. The van der Waals surface area contributed by atoms with Crippen LogP contribution in [0, 0.1) is 11.6 Å². The van der Waals surface area contributed by atoms with Gasteiger partial charge in [-0.2, -0.15) is 0 Å². The number of thiazole rings is 1. The van der Waals surface area contributed by atoms with Gasteiger partial charge >= 0.3 is 6.09 Å². The number of amides is 1. The molecule has 0 unspecified atom stereocenters. The van der Waals surface area contributed by atoms with Crippen molar-refractivity contribution in [1.29, 1.82) is 0 Å². The quantitative estimate of drug-likeness (QED) is 0.862. The number of hydrogen-bond donors (Lipinski definition) is 2. The molecule has 0 aliphatic heterocycles. The molecule has 3 rings (SSSR count). The molecule has 0 atom stereocenters. The van der Waals surface area contributed by atoms with Crippen molar-refractivity contribution < 1.29 is 23.4 Å². The lowest BCUT2D eigenvalue weighted by Crippen LogP contribution is -2.06. The normalized spacial score (nSPS) is 13.0. The lowest BCUT2D eigenvalue weighted by molar-refractivity contribution is 0.209. The summed E-state index contributed by atoms with van der Waals surface area (Å²) in [6.07, 6.45) is 2.33. The van der Waals surface area contributed by atoms with Crippen LogP contribution in [0.4, 0.5) is 18.7 Å². The fourth-order valence-electron chi connectivity index (χ4n) is 1.34. The number of nitrogens with one attached hydrogen (secondary N) is 1. The van der Waals surface area contributed by atoms with E-state index in [0.717, 1.165) is 30.2 Å². The van der Waals surface area contributed by atoms with Crippen molar-refractivity contribution in [3.05, 3.63) is 40.4 Å². The number of rotatable bonds is 3. The number of aromatic nitrogens is 1. The van der Waals surface area contributed by atoms with E-state index in [1.54, 1.807) is 0 Å². The number of halogens is 3. The Morgan fingerprint density at radius 3 is 2.68 bits per heavy atom. The first kappa shape index (κ1) is 16.4. The number of carbonyl (C=O) groups is 1. The Morgan fingerprint density at radius 1 is 1.45 bits per heavy atom. The molecule has 1 fully saturated rings. The average molecular weight is 349 g/mol. The van der Waals surface area contributed by atoms with Crippen LogP contribution in [0.2, 0.25) is 4.34 Å². The molecule has 0 bridgehead atoms. The van der Waals surface area contributed by atoms with E-state index in [-0.39, 0.29) is 17.0 Å². The number of carboxylic acid groups (broad SMARTS) is 1. The summed E-state index contributed by atoms with van der Waals surface area (Å²) >= 11 is 6.55. The van der Waals surface area contributed by atoms with Gasteiger partial charge in [-0.1, -0.05) is 22.9 Å². The van der Waals surface area contributed by atoms with Gasteiger partial charge in [-0.25, -0.2) is 18.6 Å². The molecule has 1 aliphatic carbocycles. The number of benzene rings is 1. The number of anilines is 1. The molecule has 1 aromatic heterocycles. The summed E-state index contributed by atoms with van der Waals surface area (Å²) < 4.78 is 30.9. The van der Waals surface area contributed by atoms with Gasteiger partial charge in [0.2, 0.25) is 0 Å². The minimum atomic E-state index is -1.13. The van der Waals surface area contributed by atoms with Crippen LogP contribution in [0.25, 0.3) is 0 Å². The van der Waals surface area contributed by atoms with E-state index in [1.165, 1.54) is 18.3 Å². The third kappa shape index (κ3) is 5.45. The van der Waals surface area contributed by atoms with Crippen LogP contribution in [-0.4, -0.2) is 22.3 Å². The largest absolute Gasteiger partial charge is 0.487 e. The third-order valence-corrected chi connectivity index (χ3v) is 3.43. The van der Waals surface area contributed by atoms with Crippen LogP contribution in [0.15, 0.2) is 24.4 Å². The first-order valence-electron chi connectivity index (χ1n) is 6.17. The third-order valence-electron chi connectivity index (χ3n) is 2.40. The summed E-state index contributed by atoms with van der Waals surface area (Å²) in [6, 6.07) is 3.35. The first-order valence-corrected chi connectivity index (χ1v) is 7.36. The Kier molecular flexibility index (Phi) is 5.51. The standard InChI is InChI=1S/C9H8F2O.C4H3ClN2O2S/c10-6-1-4-9(8(11)5-6)12-7-2-3-7;5-2-1-6-3(10-2)7-4(8)9/h1,4-5,7H,2-3H2;1H,(H,6,7)(H,8,9). The predicted molar refractivity (Wildman–Crippen MR) is 78.8 cm³/mol. The second kappa shape index (κ2) is 7.37. The summed E-state index contributed by atoms with van der Waals surface area (Å²) in [5.41, 5.74) is 0. The fraction of sp³-hybridized carbons (Fsp3) is 0.231. The molecule has 2 N–H and O–H groups in total. The first-order chi connectivity index (χ1) is 10.4. The van der Waals surface area contributed by atoms with E-state index in [9.17, 15) is 13.6 Å². The zero-order chi connectivity index (χ0) is 16.1. The van der Waals surface area contributed by atoms with Crippen molar-refractivity contribution in [2.24, 2.45) is 0 Å². The van der Waals surface area contributed by atoms with Crippen LogP contribution in [0.3, 0.4) is 0 Å². The second-order valence-corrected chi connectivity index (χ2v) is 5.95. The highest BCUT2D eigenvalue weighted by atomic mass is 35.5. The summed E-state index contributed by atoms with van der Waals surface area (Å²) in [5.74, 6) is -1.04. The van der Waals surface area contributed by atoms with E-state index in [4.69, 9.17) is 21.4 Å². The molecule has 0 radical (unpaired) electrons. The van der Waals surface area contributed by atoms with Gasteiger partial charge in [-0.3, -0.25) is 5.32 Å². The van der Waals surface area contributed by atoms with Crippen LogP contribution in [0.5, 0.6) is 5.75 Å². The summed E-state index contributed by atoms with van der Waals surface area (Å²) in [7, 11) is 0. The fourth-order valence-corrected chi connectivity index (χ4v) is 2.14. The average Bonchev–Trinajstić information content (AvgIpc) is 3.16. The Labute approximate surface area is 133 Å². The van der Waals surface area contributed by atoms with Gasteiger partial charge in [-0.05, 0) is 25.0 Å². The van der Waals surface area contributed by atoms with Gasteiger partial charge in [0.05, 0.1) is 12.3 Å². The minimum Gasteiger partial charge on any atom is -0.487 e. The van der Waals surface area contributed by atoms with Gasteiger partial charge in [0.25, 0.3) is 0 Å². The smallest absolute Gasteiger partial charge is 0.410 e. The molecule has 118 valence electrons. The van der Waals surface area contributed by atoms with Gasteiger partial charge < -0.3 is 9.84 Å². The molecule has 5 nitrogen and oxygen atoms in total. The molecule has 1 heterocycles. The second-order valence-electron chi connectivity index (χ2n) is 4.29. The molecular weight excluding hydrogens is 338 g/mol. The van der Waals surface area contributed by atoms with E-state index in [0.29, 0.717) is 4.34 Å². The molecular formula is C13H11ClF2N2O3S. The van der Waals surface area contributed by atoms with Crippen molar-refractivity contribution in [3.8, 4) is 5.75 Å². The number of hydrogen-bond acceptors (Lipinski definition) is 4. The maximum atomic E-state index is 12.9. The molecule has 1 aliphatic rings. The Balaban J connectivity index is 0.000000164. The van der Waals surface area contributed by atoms with Gasteiger partial charge in [0.15, 0.2) is 16.7 Å². The van der Waals surface area contributed by atoms with Crippen LogP contribution >= 0.6 is 22.9 Å². The van der Waals surface area contributed by atoms with Crippen molar-refractivity contribution >= 4 is 34.2 Å². The lowest BCUT2D eigenvalue weighted by Gasteiger charge is -2.04. The summed E-state index contributed by atoms with van der Waals surface area (Å²) in [4.78, 5) is 13.6. The molecule has 0 spiro atoms. The zero-order valence-corrected chi connectivity index (χ0v) is 12.6. The number of ether oxygens (including phenoxy) is 1. The lowest BCUT2D eigenvalue weighted by atomic mass is 10.3. The topological polar surface area (TPSA) is 71.5 Å². The number of nitrogens with zero attached hydrogens (tertiary/aromatic N) is 1. The van der Waals surface area contributed by atoms with Crippen molar-refractivity contribution in [3.63, 3.8) is 0 Å². The van der Waals surface area contributed by atoms with E-state index >= 15 is 0 Å². The van der Waals surface area contributed by atoms with Crippen LogP contribution in [0.1, 0.15) is 12.8 Å². The Bertz CT molecular complexity index is 664. The van der Waals surface area contributed by atoms with E-state index in [2.05, 4.69) is 10.3 Å². The molecule has 2 aromatic rings. The van der Waals surface area contributed by atoms with Crippen LogP contribution < -0.4 is 10.1 Å². The van der Waals surface area contributed by atoms with E-state index < -0.39 is 17.7 Å². The van der Waals surface area contributed by atoms with E-state index in [1.807, 2.05) is 0 Å². The summed E-state index contributed by atoms with van der Waals surface area (Å²) in [6.45, 7) is 0. The molecule has 1 aromatic carbocycles. The zero-order valence-electron chi connectivity index (χ0n) is 11.1. The van der Waals surface area contributed by atoms with Gasteiger partial charge in [-0.15, -0.1) is 0 Å². The predicted octanol–water partition coefficient (Wildman–Crippen LogP) is 4.39. The van der Waals surface area contributed by atoms with Gasteiger partial charge in [0, 0.05) is 6.07 Å². The SMILES string of the molecule is Fc1ccc(OC2CC2)c(F)c1.O=C(O)Nc1ncc(Cl)s1. The van der Waals surface area contributed by atoms with Crippen molar-refractivity contribution in [1.82, 2.24) is 4.98 Å². The summed E-state index contributed by atoms with van der Waals surface area (Å²) in [5, 5.41) is 10.5. The molecule has 1 amide bonds. The Morgan fingerprint density at radius 2 is 2.18 bits per heavy atom. The van der Waals surface area contributed by atoms with Crippen molar-refractivity contribution in [2.75, 3.05) is 5.32 Å². The highest BCUT2D eigenvalue weighted by Crippen LogP contribution is 2.28. The molecule has 22 heavy (non-hydrogen) atoms. The highest BCUT2D eigenvalue weighted by Gasteiger charge is 2.24. The molecule has 9 heteroatoms. The van der Waals surface area contributed by atoms with Crippen LogP contribution in [-0.2, 0) is 0 Å². The highest BCUT2D eigenvalue weighted by molar-refractivity contribution is 7.19. The maximum Gasteiger partial charge on any atom is 0.410 e. The molecule has 0 saturated heterocycles. The maximum absolute atomic E-state index is 12.9. The van der Waals surface area contributed by atoms with Gasteiger partial charge in [0.1, 0.15) is 10.2 Å². The minimum absolute atomic E-state index is 0.143. The molecule has 1 saturated carbocycles. The van der Waals surface area contributed by atoms with Crippen molar-refractivity contribution in [2.45, 2.75) is 18.9 Å². The monoisotopic (exact) mass is 348 g/mol.